The summed E-state index contributed by atoms with van der Waals surface area (Å²) in [6.45, 7) is 16.5. The van der Waals surface area contributed by atoms with Crippen LogP contribution in [0.1, 0.15) is 34.6 Å². The molecule has 0 aliphatic carbocycles. The fourth-order valence-electron chi connectivity index (χ4n) is 0.822. The third-order valence-electron chi connectivity index (χ3n) is 1.85. The molecular weight excluding hydrogens is 276 g/mol. The van der Waals surface area contributed by atoms with Gasteiger partial charge < -0.3 is 18.9 Å². The van der Waals surface area contributed by atoms with Gasteiger partial charge in [-0.2, -0.15) is 0 Å². The summed E-state index contributed by atoms with van der Waals surface area (Å²) >= 11 is 0. The molecule has 0 N–H and O–H groups in total. The Balaban J connectivity index is 0. The van der Waals surface area contributed by atoms with Crippen LogP contribution in [0.15, 0.2) is 24.3 Å². The lowest BCUT2D eigenvalue weighted by molar-refractivity contribution is -0.169. The standard InChI is InChI=1S/C8H14O3.C7H12O3/c1-5-10-7(4)11-8(9)6(2)3;1-4-9-5-10-7(8)6(2)3/h7H,2,5H2,1,3-4H3;2,4-5H2,1,3H3. The van der Waals surface area contributed by atoms with E-state index in [-0.39, 0.29) is 6.79 Å². The van der Waals surface area contributed by atoms with Gasteiger partial charge in [-0.15, -0.1) is 0 Å². The van der Waals surface area contributed by atoms with Crippen molar-refractivity contribution in [3.8, 4) is 0 Å². The minimum absolute atomic E-state index is 0.0161. The number of hydrogen-bond donors (Lipinski definition) is 0. The smallest absolute Gasteiger partial charge is 0.335 e. The second kappa shape index (κ2) is 13.3. The molecule has 122 valence electrons. The highest BCUT2D eigenvalue weighted by atomic mass is 16.7. The monoisotopic (exact) mass is 302 g/mol. The molecule has 6 heteroatoms. The van der Waals surface area contributed by atoms with Crippen LogP contribution >= 0.6 is 0 Å². The van der Waals surface area contributed by atoms with E-state index in [1.165, 1.54) is 0 Å². The van der Waals surface area contributed by atoms with Gasteiger partial charge in [0, 0.05) is 24.4 Å². The van der Waals surface area contributed by atoms with Crippen molar-refractivity contribution in [1.82, 2.24) is 0 Å². The summed E-state index contributed by atoms with van der Waals surface area (Å²) in [7, 11) is 0. The van der Waals surface area contributed by atoms with Crippen molar-refractivity contribution in [2.75, 3.05) is 20.0 Å². The second-order valence-electron chi connectivity index (χ2n) is 4.03. The molecule has 6 nitrogen and oxygen atoms in total. The van der Waals surface area contributed by atoms with Crippen LogP contribution in [0.4, 0.5) is 0 Å². The van der Waals surface area contributed by atoms with Gasteiger partial charge in [0.15, 0.2) is 13.1 Å². The van der Waals surface area contributed by atoms with E-state index in [1.54, 1.807) is 20.8 Å². The third kappa shape index (κ3) is 14.6. The van der Waals surface area contributed by atoms with Crippen LogP contribution in [-0.4, -0.2) is 38.2 Å². The Kier molecular flexibility index (Phi) is 13.7. The van der Waals surface area contributed by atoms with Crippen LogP contribution in [0.5, 0.6) is 0 Å². The zero-order valence-electron chi connectivity index (χ0n) is 13.6. The van der Waals surface area contributed by atoms with E-state index in [2.05, 4.69) is 17.9 Å². The highest BCUT2D eigenvalue weighted by Gasteiger charge is 2.08. The molecular formula is C15H26O6. The molecule has 0 rings (SSSR count). The van der Waals surface area contributed by atoms with Crippen LogP contribution in [0, 0.1) is 0 Å². The number of ether oxygens (including phenoxy) is 4. The van der Waals surface area contributed by atoms with Crippen LogP contribution in [0.3, 0.4) is 0 Å². The first-order valence-corrected chi connectivity index (χ1v) is 6.64. The summed E-state index contributed by atoms with van der Waals surface area (Å²) in [6.07, 6.45) is -0.482. The van der Waals surface area contributed by atoms with Gasteiger partial charge in [0.1, 0.15) is 0 Å². The molecule has 0 fully saturated rings. The number of carbonyl (C=O) groups is 2. The van der Waals surface area contributed by atoms with Gasteiger partial charge in [-0.25, -0.2) is 9.59 Å². The Bertz CT molecular complexity index is 348. The number of esters is 2. The van der Waals surface area contributed by atoms with Crippen LogP contribution in [0.25, 0.3) is 0 Å². The average molecular weight is 302 g/mol. The van der Waals surface area contributed by atoms with Crippen molar-refractivity contribution in [3.63, 3.8) is 0 Å². The van der Waals surface area contributed by atoms with E-state index in [0.717, 1.165) is 0 Å². The number of rotatable bonds is 8. The molecule has 0 saturated carbocycles. The molecule has 0 saturated heterocycles. The predicted octanol–water partition coefficient (Wildman–Crippen LogP) is 2.59. The normalized spacial score (nSPS) is 10.7. The van der Waals surface area contributed by atoms with E-state index in [4.69, 9.17) is 14.2 Å². The molecule has 0 aliphatic rings. The van der Waals surface area contributed by atoms with Gasteiger partial charge in [-0.1, -0.05) is 13.2 Å². The summed E-state index contributed by atoms with van der Waals surface area (Å²) in [6, 6.07) is 0. The molecule has 0 aliphatic heterocycles. The highest BCUT2D eigenvalue weighted by Crippen LogP contribution is 1.98. The van der Waals surface area contributed by atoms with Gasteiger partial charge in [-0.05, 0) is 34.6 Å². The van der Waals surface area contributed by atoms with E-state index in [0.29, 0.717) is 24.4 Å². The molecule has 0 amide bonds. The van der Waals surface area contributed by atoms with Crippen LogP contribution in [0.2, 0.25) is 0 Å². The van der Waals surface area contributed by atoms with Crippen LogP contribution < -0.4 is 0 Å². The predicted molar refractivity (Wildman–Crippen MR) is 79.4 cm³/mol. The van der Waals surface area contributed by atoms with Crippen molar-refractivity contribution < 1.29 is 28.5 Å². The molecule has 0 bridgehead atoms. The fourth-order valence-corrected chi connectivity index (χ4v) is 0.822. The highest BCUT2D eigenvalue weighted by molar-refractivity contribution is 5.87. The first-order chi connectivity index (χ1) is 9.76. The maximum absolute atomic E-state index is 10.8. The maximum Gasteiger partial charge on any atom is 0.335 e. The average Bonchev–Trinajstić information content (AvgIpc) is 2.39. The largest absolute Gasteiger partial charge is 0.435 e. The van der Waals surface area contributed by atoms with Gasteiger partial charge in [0.05, 0.1) is 0 Å². The van der Waals surface area contributed by atoms with Gasteiger partial charge in [0.25, 0.3) is 0 Å². The summed E-state index contributed by atoms with van der Waals surface area (Å²) in [5.41, 5.74) is 0.774. The van der Waals surface area contributed by atoms with Gasteiger partial charge in [0.2, 0.25) is 0 Å². The third-order valence-corrected chi connectivity index (χ3v) is 1.85. The molecule has 0 spiro atoms. The Morgan fingerprint density at radius 3 is 1.90 bits per heavy atom. The molecule has 0 heterocycles. The number of carbonyl (C=O) groups excluding carboxylic acids is 2. The van der Waals surface area contributed by atoms with E-state index in [1.807, 2.05) is 13.8 Å². The summed E-state index contributed by atoms with van der Waals surface area (Å²) in [5.74, 6) is -0.820. The first-order valence-electron chi connectivity index (χ1n) is 6.64. The summed E-state index contributed by atoms with van der Waals surface area (Å²) in [5, 5.41) is 0. The Morgan fingerprint density at radius 2 is 1.52 bits per heavy atom. The SMILES string of the molecule is C=C(C)C(=O)OC(C)OCC.C=C(C)C(=O)OCOCC. The zero-order valence-corrected chi connectivity index (χ0v) is 13.6. The Hall–Kier alpha value is -1.66. The molecule has 1 unspecified atom stereocenters. The Labute approximate surface area is 126 Å². The van der Waals surface area contributed by atoms with Crippen molar-refractivity contribution in [1.29, 1.82) is 0 Å². The van der Waals surface area contributed by atoms with Gasteiger partial charge in [-0.3, -0.25) is 0 Å². The molecule has 0 aromatic heterocycles. The van der Waals surface area contributed by atoms with E-state index in [9.17, 15) is 9.59 Å². The molecule has 0 radical (unpaired) electrons. The molecule has 21 heavy (non-hydrogen) atoms. The van der Waals surface area contributed by atoms with Crippen molar-refractivity contribution in [2.45, 2.75) is 40.9 Å². The summed E-state index contributed by atoms with van der Waals surface area (Å²) in [4.78, 5) is 21.4. The second-order valence-corrected chi connectivity index (χ2v) is 4.03. The zero-order chi connectivity index (χ0) is 16.8. The van der Waals surface area contributed by atoms with Crippen LogP contribution in [-0.2, 0) is 28.5 Å². The molecule has 0 aromatic carbocycles. The molecule has 1 atom stereocenters. The number of hydrogen-bond acceptors (Lipinski definition) is 6. The van der Waals surface area contributed by atoms with Crippen molar-refractivity contribution >= 4 is 11.9 Å². The summed E-state index contributed by atoms with van der Waals surface area (Å²) < 4.78 is 19.1. The van der Waals surface area contributed by atoms with Crippen molar-refractivity contribution in [3.05, 3.63) is 24.3 Å². The molecule has 0 aromatic rings. The lowest BCUT2D eigenvalue weighted by Crippen LogP contribution is -2.18. The fraction of sp³-hybridized carbons (Fsp3) is 0.600. The lowest BCUT2D eigenvalue weighted by Gasteiger charge is -2.11. The van der Waals surface area contributed by atoms with Crippen molar-refractivity contribution in [2.24, 2.45) is 0 Å². The topological polar surface area (TPSA) is 71.1 Å². The Morgan fingerprint density at radius 1 is 1.00 bits per heavy atom. The lowest BCUT2D eigenvalue weighted by atomic mass is 10.4. The first kappa shape index (κ1) is 21.6. The minimum atomic E-state index is -0.482. The quantitative estimate of drug-likeness (QED) is 0.297. The minimum Gasteiger partial charge on any atom is -0.435 e. The maximum atomic E-state index is 10.8. The van der Waals surface area contributed by atoms with Gasteiger partial charge >= 0.3 is 11.9 Å². The van der Waals surface area contributed by atoms with E-state index >= 15 is 0 Å². The van der Waals surface area contributed by atoms with E-state index < -0.39 is 18.2 Å².